The average Bonchev–Trinajstić information content (AvgIpc) is 2.57. The molecule has 3 rings (SSSR count). The summed E-state index contributed by atoms with van der Waals surface area (Å²) in [6.45, 7) is 0. The summed E-state index contributed by atoms with van der Waals surface area (Å²) < 4.78 is 58.6. The Morgan fingerprint density at radius 2 is 1.68 bits per heavy atom. The lowest BCUT2D eigenvalue weighted by atomic mass is 10.3. The number of halogens is 2. The van der Waals surface area contributed by atoms with Crippen molar-refractivity contribution in [3.63, 3.8) is 0 Å². The van der Waals surface area contributed by atoms with Gasteiger partial charge in [-0.3, -0.25) is 4.72 Å². The zero-order chi connectivity index (χ0) is 17.9. The van der Waals surface area contributed by atoms with Gasteiger partial charge < -0.3 is 4.74 Å². The molecule has 0 aliphatic heterocycles. The molecule has 1 aromatic heterocycles. The average molecular weight is 362 g/mol. The molecule has 8 heteroatoms. The predicted molar refractivity (Wildman–Crippen MR) is 87.9 cm³/mol. The Kier molecular flexibility index (Phi) is 4.62. The standard InChI is InChI=1S/C17H12F2N2O3S/c18-12-6-8-16(15(19)10-12)25(22,23)21-17-9-7-14(11-20-17)24-13-4-2-1-3-5-13/h1-11H,(H,20,21). The van der Waals surface area contributed by atoms with Gasteiger partial charge >= 0.3 is 0 Å². The van der Waals surface area contributed by atoms with Crippen LogP contribution in [-0.2, 0) is 10.0 Å². The number of hydrogen-bond acceptors (Lipinski definition) is 4. The van der Waals surface area contributed by atoms with Crippen molar-refractivity contribution in [1.82, 2.24) is 4.98 Å². The maximum absolute atomic E-state index is 13.7. The van der Waals surface area contributed by atoms with E-state index in [0.29, 0.717) is 17.6 Å². The van der Waals surface area contributed by atoms with Gasteiger partial charge in [0.05, 0.1) is 6.20 Å². The van der Waals surface area contributed by atoms with Gasteiger partial charge in [-0.25, -0.2) is 22.2 Å². The highest BCUT2D eigenvalue weighted by Gasteiger charge is 2.20. The molecule has 0 aliphatic carbocycles. The first-order chi connectivity index (χ1) is 11.9. The summed E-state index contributed by atoms with van der Waals surface area (Å²) >= 11 is 0. The van der Waals surface area contributed by atoms with E-state index in [1.807, 2.05) is 18.2 Å². The number of para-hydroxylation sites is 1. The Morgan fingerprint density at radius 1 is 0.920 bits per heavy atom. The van der Waals surface area contributed by atoms with E-state index in [4.69, 9.17) is 4.74 Å². The first-order valence-electron chi connectivity index (χ1n) is 7.11. The molecule has 0 fully saturated rings. The van der Waals surface area contributed by atoms with Crippen molar-refractivity contribution in [3.05, 3.63) is 78.5 Å². The molecule has 128 valence electrons. The smallest absolute Gasteiger partial charge is 0.265 e. The van der Waals surface area contributed by atoms with Gasteiger partial charge in [0.15, 0.2) is 0 Å². The Hall–Kier alpha value is -3.00. The number of aromatic nitrogens is 1. The first-order valence-corrected chi connectivity index (χ1v) is 8.59. The van der Waals surface area contributed by atoms with E-state index in [1.54, 1.807) is 12.1 Å². The number of nitrogens with one attached hydrogen (secondary N) is 1. The van der Waals surface area contributed by atoms with Gasteiger partial charge in [-0.1, -0.05) is 18.2 Å². The molecule has 1 N–H and O–H groups in total. The van der Waals surface area contributed by atoms with Crippen LogP contribution in [0.25, 0.3) is 0 Å². The van der Waals surface area contributed by atoms with Gasteiger partial charge in [0, 0.05) is 6.07 Å². The predicted octanol–water partition coefficient (Wildman–Crippen LogP) is 3.95. The highest BCUT2D eigenvalue weighted by molar-refractivity contribution is 7.92. The van der Waals surface area contributed by atoms with Crippen molar-refractivity contribution in [2.75, 3.05) is 4.72 Å². The quantitative estimate of drug-likeness (QED) is 0.746. The van der Waals surface area contributed by atoms with Crippen LogP contribution in [0.15, 0.2) is 71.8 Å². The van der Waals surface area contributed by atoms with Gasteiger partial charge in [-0.2, -0.15) is 0 Å². The Balaban J connectivity index is 1.76. The number of sulfonamides is 1. The Bertz CT molecular complexity index is 979. The molecule has 0 spiro atoms. The minimum absolute atomic E-state index is 0.0239. The molecular weight excluding hydrogens is 350 g/mol. The monoisotopic (exact) mass is 362 g/mol. The fraction of sp³-hybridized carbons (Fsp3) is 0. The molecule has 5 nitrogen and oxygen atoms in total. The van der Waals surface area contributed by atoms with Crippen LogP contribution in [-0.4, -0.2) is 13.4 Å². The number of nitrogens with zero attached hydrogens (tertiary/aromatic N) is 1. The molecule has 0 radical (unpaired) electrons. The van der Waals surface area contributed by atoms with E-state index in [2.05, 4.69) is 9.71 Å². The zero-order valence-corrected chi connectivity index (χ0v) is 13.5. The summed E-state index contributed by atoms with van der Waals surface area (Å²) in [6.07, 6.45) is 1.33. The number of hydrogen-bond donors (Lipinski definition) is 1. The zero-order valence-electron chi connectivity index (χ0n) is 12.7. The third kappa shape index (κ3) is 4.10. The van der Waals surface area contributed by atoms with Crippen molar-refractivity contribution >= 4 is 15.8 Å². The summed E-state index contributed by atoms with van der Waals surface area (Å²) in [5.74, 6) is -1.06. The van der Waals surface area contributed by atoms with Gasteiger partial charge in [0.25, 0.3) is 10.0 Å². The van der Waals surface area contributed by atoms with Gasteiger partial charge in [-0.05, 0) is 36.4 Å². The maximum atomic E-state index is 13.7. The van der Waals surface area contributed by atoms with Crippen molar-refractivity contribution < 1.29 is 21.9 Å². The summed E-state index contributed by atoms with van der Waals surface area (Å²) in [7, 11) is -4.23. The lowest BCUT2D eigenvalue weighted by molar-refractivity contribution is 0.480. The molecule has 3 aromatic rings. The summed E-state index contributed by atoms with van der Waals surface area (Å²) in [4.78, 5) is 3.25. The van der Waals surface area contributed by atoms with Gasteiger partial charge in [-0.15, -0.1) is 0 Å². The second-order valence-corrected chi connectivity index (χ2v) is 6.63. The molecule has 0 amide bonds. The van der Waals surface area contributed by atoms with Crippen LogP contribution in [0, 0.1) is 11.6 Å². The number of benzene rings is 2. The normalized spacial score (nSPS) is 11.1. The summed E-state index contributed by atoms with van der Waals surface area (Å²) in [5, 5.41) is 0. The lowest BCUT2D eigenvalue weighted by Gasteiger charge is -2.09. The summed E-state index contributed by atoms with van der Waals surface area (Å²) in [5.41, 5.74) is 0. The molecule has 0 saturated heterocycles. The SMILES string of the molecule is O=S(=O)(Nc1ccc(Oc2ccccc2)cn1)c1ccc(F)cc1F. The molecule has 1 heterocycles. The minimum Gasteiger partial charge on any atom is -0.456 e. The largest absolute Gasteiger partial charge is 0.456 e. The molecule has 0 atom stereocenters. The topological polar surface area (TPSA) is 68.3 Å². The van der Waals surface area contributed by atoms with Crippen LogP contribution in [0.3, 0.4) is 0 Å². The Morgan fingerprint density at radius 3 is 2.32 bits per heavy atom. The molecule has 0 bridgehead atoms. The van der Waals surface area contributed by atoms with Gasteiger partial charge in [0.1, 0.15) is 33.8 Å². The maximum Gasteiger partial charge on any atom is 0.265 e. The number of pyridine rings is 1. The van der Waals surface area contributed by atoms with Crippen LogP contribution in [0.1, 0.15) is 0 Å². The van der Waals surface area contributed by atoms with Crippen LogP contribution in [0.2, 0.25) is 0 Å². The van der Waals surface area contributed by atoms with E-state index in [9.17, 15) is 17.2 Å². The molecule has 0 unspecified atom stereocenters. The third-order valence-electron chi connectivity index (χ3n) is 3.14. The molecule has 0 aliphatic rings. The fourth-order valence-electron chi connectivity index (χ4n) is 2.01. The highest BCUT2D eigenvalue weighted by atomic mass is 32.2. The second-order valence-electron chi connectivity index (χ2n) is 4.97. The van der Waals surface area contributed by atoms with Crippen LogP contribution in [0.5, 0.6) is 11.5 Å². The minimum atomic E-state index is -4.23. The molecule has 25 heavy (non-hydrogen) atoms. The molecular formula is C17H12F2N2O3S. The fourth-order valence-corrected chi connectivity index (χ4v) is 3.08. The number of anilines is 1. The highest BCUT2D eigenvalue weighted by Crippen LogP contribution is 2.23. The van der Waals surface area contributed by atoms with Crippen molar-refractivity contribution in [3.8, 4) is 11.5 Å². The Labute approximate surface area is 143 Å². The van der Waals surface area contributed by atoms with Crippen LogP contribution < -0.4 is 9.46 Å². The third-order valence-corrected chi connectivity index (χ3v) is 4.53. The molecule has 0 saturated carbocycles. The van der Waals surface area contributed by atoms with Crippen molar-refractivity contribution in [2.45, 2.75) is 4.90 Å². The van der Waals surface area contributed by atoms with Crippen molar-refractivity contribution in [1.29, 1.82) is 0 Å². The number of rotatable bonds is 5. The first kappa shape index (κ1) is 16.8. The molecule has 2 aromatic carbocycles. The van der Waals surface area contributed by atoms with Crippen LogP contribution in [0.4, 0.5) is 14.6 Å². The van der Waals surface area contributed by atoms with Crippen molar-refractivity contribution in [2.24, 2.45) is 0 Å². The van der Waals surface area contributed by atoms with Crippen LogP contribution >= 0.6 is 0 Å². The lowest BCUT2D eigenvalue weighted by Crippen LogP contribution is -2.15. The van der Waals surface area contributed by atoms with E-state index < -0.39 is 26.6 Å². The number of ether oxygens (including phenoxy) is 1. The van der Waals surface area contributed by atoms with E-state index in [-0.39, 0.29) is 5.82 Å². The van der Waals surface area contributed by atoms with E-state index in [0.717, 1.165) is 12.1 Å². The van der Waals surface area contributed by atoms with E-state index in [1.165, 1.54) is 18.3 Å². The summed E-state index contributed by atoms with van der Waals surface area (Å²) in [6, 6.07) is 14.1. The van der Waals surface area contributed by atoms with Gasteiger partial charge in [0.2, 0.25) is 0 Å². The van der Waals surface area contributed by atoms with E-state index >= 15 is 0 Å². The second kappa shape index (κ2) is 6.86.